The summed E-state index contributed by atoms with van der Waals surface area (Å²) < 4.78 is 5.52. The Morgan fingerprint density at radius 2 is 2.11 bits per heavy atom. The molecule has 1 aromatic carbocycles. The van der Waals surface area contributed by atoms with Gasteiger partial charge in [0.25, 0.3) is 0 Å². The summed E-state index contributed by atoms with van der Waals surface area (Å²) in [4.78, 5) is 12.4. The second-order valence-corrected chi connectivity index (χ2v) is 3.60. The van der Waals surface area contributed by atoms with Crippen LogP contribution in [0.15, 0.2) is 23.2 Å². The molecule has 98 valence electrons. The number of hydrogen-bond acceptors (Lipinski definition) is 5. The summed E-state index contributed by atoms with van der Waals surface area (Å²) in [6, 6.07) is 5.94. The highest BCUT2D eigenvalue weighted by Crippen LogP contribution is 2.36. The van der Waals surface area contributed by atoms with Crippen molar-refractivity contribution in [1.82, 2.24) is 0 Å². The van der Waals surface area contributed by atoms with Crippen LogP contribution in [0.5, 0.6) is 5.75 Å². The van der Waals surface area contributed by atoms with E-state index in [0.717, 1.165) is 16.9 Å². The van der Waals surface area contributed by atoms with E-state index in [1.54, 1.807) is 0 Å². The van der Waals surface area contributed by atoms with E-state index in [-0.39, 0.29) is 12.0 Å². The summed E-state index contributed by atoms with van der Waals surface area (Å²) in [6.07, 6.45) is 0. The van der Waals surface area contributed by atoms with Crippen molar-refractivity contribution in [2.45, 2.75) is 13.0 Å². The van der Waals surface area contributed by atoms with Crippen LogP contribution in [0.25, 0.3) is 0 Å². The summed E-state index contributed by atoms with van der Waals surface area (Å²) in [5.74, 6) is 1.02. The van der Waals surface area contributed by atoms with Gasteiger partial charge in [0.15, 0.2) is 5.96 Å². The van der Waals surface area contributed by atoms with Crippen LogP contribution in [0.4, 0.5) is 0 Å². The monoisotopic (exact) mass is 253 g/mol. The fraction of sp³-hybridized carbons (Fsp3) is 0.300. The number of para-hydroxylation sites is 1. The molecule has 0 saturated carbocycles. The first kappa shape index (κ1) is 13.6. The van der Waals surface area contributed by atoms with Crippen molar-refractivity contribution in [2.24, 2.45) is 16.5 Å². The zero-order chi connectivity index (χ0) is 13.7. The third-order valence-electron chi connectivity index (χ3n) is 2.29. The fourth-order valence-corrected chi connectivity index (χ4v) is 1.67. The molecule has 18 heavy (non-hydrogen) atoms. The number of nitrogens with zero attached hydrogens (tertiary/aromatic N) is 2. The quantitative estimate of drug-likeness (QED) is 0.322. The topological polar surface area (TPSA) is 140 Å². The van der Waals surface area contributed by atoms with Crippen molar-refractivity contribution in [3.8, 4) is 5.75 Å². The van der Waals surface area contributed by atoms with E-state index in [4.69, 9.17) is 31.5 Å². The first-order valence-corrected chi connectivity index (χ1v) is 5.04. The van der Waals surface area contributed by atoms with Gasteiger partial charge >= 0.3 is 0 Å². The van der Waals surface area contributed by atoms with Gasteiger partial charge in [-0.1, -0.05) is 18.2 Å². The lowest BCUT2D eigenvalue weighted by Gasteiger charge is -2.03. The van der Waals surface area contributed by atoms with Crippen molar-refractivity contribution in [3.63, 3.8) is 0 Å². The maximum absolute atomic E-state index is 8.25. The number of benzene rings is 1. The molecular formula is C10H13N4O4-. The van der Waals surface area contributed by atoms with E-state index in [0.29, 0.717) is 6.61 Å². The molecule has 8 heteroatoms. The van der Waals surface area contributed by atoms with Gasteiger partial charge in [-0.15, -0.1) is 0 Å². The minimum Gasteiger partial charge on any atom is -0.490 e. The zero-order valence-electron chi connectivity index (χ0n) is 9.70. The van der Waals surface area contributed by atoms with Gasteiger partial charge in [0.05, 0.1) is 5.09 Å². The number of aliphatic imine (C=N–C) groups is 1. The largest absolute Gasteiger partial charge is 0.490 e. The Bertz CT molecular complexity index is 467. The number of guanidine groups is 1. The minimum atomic E-state index is -1.75. The SMILES string of the molecule is Cc1cccc2c1OCC2N=C(N)N.O=[N+]([O-])[O-]. The molecule has 0 saturated heterocycles. The van der Waals surface area contributed by atoms with E-state index >= 15 is 0 Å². The van der Waals surface area contributed by atoms with Gasteiger partial charge in [-0.3, -0.25) is 0 Å². The van der Waals surface area contributed by atoms with Crippen molar-refractivity contribution in [1.29, 1.82) is 0 Å². The maximum Gasteiger partial charge on any atom is 0.186 e. The van der Waals surface area contributed by atoms with E-state index < -0.39 is 5.09 Å². The molecule has 1 atom stereocenters. The highest BCUT2D eigenvalue weighted by molar-refractivity contribution is 5.76. The Labute approximate surface area is 103 Å². The number of nitrogens with two attached hydrogens (primary N) is 2. The molecule has 0 aliphatic carbocycles. The molecule has 0 amide bonds. The summed E-state index contributed by atoms with van der Waals surface area (Å²) in [5, 5.41) is 14.8. The molecule has 1 aliphatic heterocycles. The van der Waals surface area contributed by atoms with Crippen molar-refractivity contribution in [2.75, 3.05) is 6.61 Å². The van der Waals surface area contributed by atoms with Crippen LogP contribution in [0.1, 0.15) is 17.2 Å². The van der Waals surface area contributed by atoms with Crippen molar-refractivity contribution in [3.05, 3.63) is 44.6 Å². The molecule has 2 rings (SSSR count). The zero-order valence-corrected chi connectivity index (χ0v) is 9.70. The van der Waals surface area contributed by atoms with Gasteiger partial charge in [0, 0.05) is 5.56 Å². The number of fused-ring (bicyclic) bond motifs is 1. The summed E-state index contributed by atoms with van der Waals surface area (Å²) >= 11 is 0. The molecule has 0 radical (unpaired) electrons. The van der Waals surface area contributed by atoms with Crippen LogP contribution in [-0.4, -0.2) is 17.7 Å². The van der Waals surface area contributed by atoms with Crippen LogP contribution in [0.2, 0.25) is 0 Å². The third-order valence-corrected chi connectivity index (χ3v) is 2.29. The number of hydrogen-bond donors (Lipinski definition) is 2. The molecule has 1 heterocycles. The average molecular weight is 253 g/mol. The number of aryl methyl sites for hydroxylation is 1. The molecular weight excluding hydrogens is 240 g/mol. The lowest BCUT2D eigenvalue weighted by atomic mass is 10.1. The normalized spacial score (nSPS) is 15.7. The number of rotatable bonds is 1. The van der Waals surface area contributed by atoms with Crippen LogP contribution >= 0.6 is 0 Å². The molecule has 0 bridgehead atoms. The molecule has 0 fully saturated rings. The predicted molar refractivity (Wildman–Crippen MR) is 65.6 cm³/mol. The van der Waals surface area contributed by atoms with Gasteiger partial charge in [-0.25, -0.2) is 4.99 Å². The highest BCUT2D eigenvalue weighted by Gasteiger charge is 2.24. The first-order chi connectivity index (χ1) is 8.41. The molecule has 1 aromatic rings. The van der Waals surface area contributed by atoms with Gasteiger partial charge in [0.2, 0.25) is 0 Å². The van der Waals surface area contributed by atoms with E-state index in [9.17, 15) is 0 Å². The van der Waals surface area contributed by atoms with Crippen molar-refractivity contribution < 1.29 is 9.82 Å². The van der Waals surface area contributed by atoms with Crippen molar-refractivity contribution >= 4 is 5.96 Å². The first-order valence-electron chi connectivity index (χ1n) is 5.04. The van der Waals surface area contributed by atoms with Crippen LogP contribution < -0.4 is 16.2 Å². The Balaban J connectivity index is 0.000000357. The predicted octanol–water partition coefficient (Wildman–Crippen LogP) is 0.463. The molecule has 8 nitrogen and oxygen atoms in total. The van der Waals surface area contributed by atoms with Crippen LogP contribution in [-0.2, 0) is 0 Å². The van der Waals surface area contributed by atoms with Crippen LogP contribution in [0, 0.1) is 22.2 Å². The van der Waals surface area contributed by atoms with E-state index in [1.807, 2.05) is 25.1 Å². The Morgan fingerprint density at radius 3 is 2.67 bits per heavy atom. The third kappa shape index (κ3) is 3.51. The maximum atomic E-state index is 8.25. The lowest BCUT2D eigenvalue weighted by molar-refractivity contribution is -0.402. The summed E-state index contributed by atoms with van der Waals surface area (Å²) in [5.41, 5.74) is 12.9. The van der Waals surface area contributed by atoms with Gasteiger partial charge < -0.3 is 31.5 Å². The van der Waals surface area contributed by atoms with E-state index in [1.165, 1.54) is 0 Å². The highest BCUT2D eigenvalue weighted by atomic mass is 16.9. The number of ether oxygens (including phenoxy) is 1. The molecule has 1 aliphatic rings. The molecule has 0 spiro atoms. The van der Waals surface area contributed by atoms with E-state index in [2.05, 4.69) is 4.99 Å². The second kappa shape index (κ2) is 5.71. The fourth-order valence-electron chi connectivity index (χ4n) is 1.67. The second-order valence-electron chi connectivity index (χ2n) is 3.60. The van der Waals surface area contributed by atoms with Gasteiger partial charge in [-0.05, 0) is 12.5 Å². The van der Waals surface area contributed by atoms with Crippen LogP contribution in [0.3, 0.4) is 0 Å². The van der Waals surface area contributed by atoms with Gasteiger partial charge in [-0.2, -0.15) is 0 Å². The van der Waals surface area contributed by atoms with Gasteiger partial charge in [0.1, 0.15) is 18.4 Å². The average Bonchev–Trinajstić information content (AvgIpc) is 2.61. The Kier molecular flexibility index (Phi) is 4.30. The summed E-state index contributed by atoms with van der Waals surface area (Å²) in [7, 11) is 0. The molecule has 1 unspecified atom stereocenters. The standard InChI is InChI=1S/C10H13N3O.NO3/c1-6-3-2-4-7-8(13-10(11)12)5-14-9(6)7;2-1(3)4/h2-4,8H,5H2,1H3,(H4,11,12,13);/q;-1. The lowest BCUT2D eigenvalue weighted by Crippen LogP contribution is -2.24. The summed E-state index contributed by atoms with van der Waals surface area (Å²) in [6.45, 7) is 2.54. The molecule has 0 aromatic heterocycles. The molecule has 4 N–H and O–H groups in total. The smallest absolute Gasteiger partial charge is 0.186 e. The Hall–Kier alpha value is -2.51. The minimum absolute atomic E-state index is 0.0464. The Morgan fingerprint density at radius 1 is 1.50 bits per heavy atom.